The van der Waals surface area contributed by atoms with Crippen molar-refractivity contribution in [1.82, 2.24) is 4.98 Å². The number of anilines is 4. The number of aromatic nitrogens is 1. The predicted octanol–water partition coefficient (Wildman–Crippen LogP) is 7.01. The van der Waals surface area contributed by atoms with Crippen molar-refractivity contribution >= 4 is 45.3 Å². The van der Waals surface area contributed by atoms with Gasteiger partial charge in [0.1, 0.15) is 0 Å². The monoisotopic (exact) mass is 541 g/mol. The van der Waals surface area contributed by atoms with Crippen LogP contribution in [-0.2, 0) is 0 Å². The zero-order valence-corrected chi connectivity index (χ0v) is 23.7. The molecule has 3 aromatic carbocycles. The number of rotatable bonds is 11. The fraction of sp³-hybridized carbons (Fsp3) is 0.258. The van der Waals surface area contributed by atoms with Gasteiger partial charge < -0.3 is 15.1 Å². The molecule has 0 radical (unpaired) electrons. The summed E-state index contributed by atoms with van der Waals surface area (Å²) in [7, 11) is 0. The van der Waals surface area contributed by atoms with Crippen LogP contribution in [-0.4, -0.2) is 43.0 Å². The van der Waals surface area contributed by atoms with Gasteiger partial charge in [-0.25, -0.2) is 4.98 Å². The molecule has 2 N–H and O–H groups in total. The summed E-state index contributed by atoms with van der Waals surface area (Å²) in [4.78, 5) is 34.7. The lowest BCUT2D eigenvalue weighted by Crippen LogP contribution is -2.21. The highest BCUT2D eigenvalue weighted by Crippen LogP contribution is 2.28. The van der Waals surface area contributed by atoms with Crippen LogP contribution < -0.4 is 20.4 Å². The molecule has 4 rings (SSSR count). The Morgan fingerprint density at radius 2 is 1.23 bits per heavy atom. The maximum Gasteiger partial charge on any atom is 0.257 e. The minimum absolute atomic E-state index is 0.170. The Labute approximate surface area is 234 Å². The molecule has 202 valence electrons. The van der Waals surface area contributed by atoms with Crippen molar-refractivity contribution < 1.29 is 9.59 Å². The van der Waals surface area contributed by atoms with E-state index in [0.717, 1.165) is 48.8 Å². The van der Waals surface area contributed by atoms with Gasteiger partial charge in [-0.05, 0) is 88.4 Å². The van der Waals surface area contributed by atoms with E-state index in [9.17, 15) is 9.59 Å². The number of hydrogen-bond acceptors (Lipinski definition) is 6. The quantitative estimate of drug-likeness (QED) is 0.214. The molecule has 1 aromatic heterocycles. The fourth-order valence-electron chi connectivity index (χ4n) is 4.42. The third kappa shape index (κ3) is 6.83. The third-order valence-corrected chi connectivity index (χ3v) is 7.41. The van der Waals surface area contributed by atoms with Gasteiger partial charge in [-0.2, -0.15) is 0 Å². The molecule has 0 spiro atoms. The van der Waals surface area contributed by atoms with E-state index in [4.69, 9.17) is 0 Å². The van der Waals surface area contributed by atoms with E-state index in [1.54, 1.807) is 0 Å². The number of nitrogens with one attached hydrogen (secondary N) is 2. The smallest absolute Gasteiger partial charge is 0.257 e. The molecule has 4 aromatic rings. The van der Waals surface area contributed by atoms with Crippen LogP contribution in [0.25, 0.3) is 11.3 Å². The standard InChI is InChI=1S/C31H35N5O2S/c1-5-35(6-2)26-16-12-22(13-17-26)29(37)32-25-11-9-10-24(20-25)28-21-39-31(33-28)34-30(38)23-14-18-27(19-15-23)36(7-3)8-4/h9-21H,5-8H2,1-4H3,(H,32,37)(H,33,34,38). The summed E-state index contributed by atoms with van der Waals surface area (Å²) in [6, 6.07) is 22.8. The molecule has 0 saturated carbocycles. The maximum absolute atomic E-state index is 12.8. The first-order valence-corrected chi connectivity index (χ1v) is 14.2. The summed E-state index contributed by atoms with van der Waals surface area (Å²) in [6.45, 7) is 12.1. The number of carbonyl (C=O) groups is 2. The van der Waals surface area contributed by atoms with Gasteiger partial charge in [0.25, 0.3) is 11.8 Å². The molecule has 0 unspecified atom stereocenters. The first-order chi connectivity index (χ1) is 18.9. The van der Waals surface area contributed by atoms with Gasteiger partial charge in [-0.1, -0.05) is 12.1 Å². The molecule has 0 aliphatic carbocycles. The molecular formula is C31H35N5O2S. The molecule has 8 heteroatoms. The summed E-state index contributed by atoms with van der Waals surface area (Å²) in [6.07, 6.45) is 0. The van der Waals surface area contributed by atoms with Gasteiger partial charge in [-0.3, -0.25) is 14.9 Å². The van der Waals surface area contributed by atoms with E-state index in [2.05, 4.69) is 53.1 Å². The van der Waals surface area contributed by atoms with Crippen LogP contribution in [0.1, 0.15) is 48.4 Å². The largest absolute Gasteiger partial charge is 0.372 e. The first kappa shape index (κ1) is 27.9. The molecule has 0 aliphatic rings. The van der Waals surface area contributed by atoms with Crippen molar-refractivity contribution in [2.45, 2.75) is 27.7 Å². The van der Waals surface area contributed by atoms with Crippen molar-refractivity contribution in [2.75, 3.05) is 46.6 Å². The lowest BCUT2D eigenvalue weighted by atomic mass is 10.1. The number of amides is 2. The normalized spacial score (nSPS) is 10.7. The van der Waals surface area contributed by atoms with E-state index in [-0.39, 0.29) is 11.8 Å². The van der Waals surface area contributed by atoms with Crippen molar-refractivity contribution in [1.29, 1.82) is 0 Å². The lowest BCUT2D eigenvalue weighted by molar-refractivity contribution is 0.101. The van der Waals surface area contributed by atoms with Crippen LogP contribution >= 0.6 is 11.3 Å². The zero-order valence-electron chi connectivity index (χ0n) is 22.9. The zero-order chi connectivity index (χ0) is 27.8. The topological polar surface area (TPSA) is 77.6 Å². The number of nitrogens with zero attached hydrogens (tertiary/aromatic N) is 3. The van der Waals surface area contributed by atoms with Gasteiger partial charge in [0, 0.05) is 65.3 Å². The molecule has 0 saturated heterocycles. The summed E-state index contributed by atoms with van der Waals surface area (Å²) >= 11 is 1.36. The average Bonchev–Trinajstić information content (AvgIpc) is 3.44. The second-order valence-corrected chi connectivity index (χ2v) is 9.82. The van der Waals surface area contributed by atoms with Crippen molar-refractivity contribution in [2.24, 2.45) is 0 Å². The fourth-order valence-corrected chi connectivity index (χ4v) is 5.13. The van der Waals surface area contributed by atoms with Gasteiger partial charge in [-0.15, -0.1) is 11.3 Å². The Balaban J connectivity index is 1.40. The van der Waals surface area contributed by atoms with E-state index in [1.807, 2.05) is 78.2 Å². The van der Waals surface area contributed by atoms with Gasteiger partial charge in [0.15, 0.2) is 5.13 Å². The molecule has 0 bridgehead atoms. The van der Waals surface area contributed by atoms with Crippen LogP contribution in [0, 0.1) is 0 Å². The van der Waals surface area contributed by atoms with Crippen LogP contribution in [0.4, 0.5) is 22.2 Å². The lowest BCUT2D eigenvalue weighted by Gasteiger charge is -2.21. The Bertz CT molecular complexity index is 1390. The average molecular weight is 542 g/mol. The Kier molecular flexibility index (Phi) is 9.33. The molecular weight excluding hydrogens is 506 g/mol. The summed E-state index contributed by atoms with van der Waals surface area (Å²) in [5.41, 5.74) is 5.63. The van der Waals surface area contributed by atoms with Crippen molar-refractivity contribution in [3.05, 3.63) is 89.3 Å². The first-order valence-electron chi connectivity index (χ1n) is 13.3. The molecule has 0 atom stereocenters. The molecule has 39 heavy (non-hydrogen) atoms. The number of thiazole rings is 1. The Hall–Kier alpha value is -4.17. The van der Waals surface area contributed by atoms with E-state index in [0.29, 0.717) is 21.9 Å². The number of benzene rings is 3. The van der Waals surface area contributed by atoms with Crippen molar-refractivity contribution in [3.63, 3.8) is 0 Å². The summed E-state index contributed by atoms with van der Waals surface area (Å²) in [5, 5.41) is 8.29. The minimum Gasteiger partial charge on any atom is -0.372 e. The summed E-state index contributed by atoms with van der Waals surface area (Å²) in [5.74, 6) is -0.369. The SMILES string of the molecule is CCN(CC)c1ccc(C(=O)Nc2cccc(-c3csc(NC(=O)c4ccc(N(CC)CC)cc4)n3)c2)cc1. The predicted molar refractivity (Wildman–Crippen MR) is 163 cm³/mol. The highest BCUT2D eigenvalue weighted by Gasteiger charge is 2.13. The van der Waals surface area contributed by atoms with E-state index < -0.39 is 0 Å². The second kappa shape index (κ2) is 13.1. The maximum atomic E-state index is 12.8. The Morgan fingerprint density at radius 3 is 1.74 bits per heavy atom. The number of carbonyl (C=O) groups excluding carboxylic acids is 2. The van der Waals surface area contributed by atoms with Gasteiger partial charge in [0.2, 0.25) is 0 Å². The molecule has 1 heterocycles. The molecule has 7 nitrogen and oxygen atoms in total. The molecule has 2 amide bonds. The van der Waals surface area contributed by atoms with E-state index >= 15 is 0 Å². The number of hydrogen-bond donors (Lipinski definition) is 2. The minimum atomic E-state index is -0.199. The third-order valence-electron chi connectivity index (χ3n) is 6.66. The highest BCUT2D eigenvalue weighted by molar-refractivity contribution is 7.14. The van der Waals surface area contributed by atoms with Crippen LogP contribution in [0.2, 0.25) is 0 Å². The summed E-state index contributed by atoms with van der Waals surface area (Å²) < 4.78 is 0. The van der Waals surface area contributed by atoms with E-state index in [1.165, 1.54) is 11.3 Å². The van der Waals surface area contributed by atoms with Crippen LogP contribution in [0.5, 0.6) is 0 Å². The second-order valence-electron chi connectivity index (χ2n) is 8.97. The van der Waals surface area contributed by atoms with Gasteiger partial charge >= 0.3 is 0 Å². The highest BCUT2D eigenvalue weighted by atomic mass is 32.1. The molecule has 0 fully saturated rings. The molecule has 0 aliphatic heterocycles. The van der Waals surface area contributed by atoms with Gasteiger partial charge in [0.05, 0.1) is 5.69 Å². The Morgan fingerprint density at radius 1 is 0.718 bits per heavy atom. The van der Waals surface area contributed by atoms with Crippen LogP contribution in [0.15, 0.2) is 78.2 Å². The van der Waals surface area contributed by atoms with Crippen molar-refractivity contribution in [3.8, 4) is 11.3 Å². The van der Waals surface area contributed by atoms with Crippen LogP contribution in [0.3, 0.4) is 0 Å².